The number of para-hydroxylation sites is 1. The van der Waals surface area contributed by atoms with Gasteiger partial charge < -0.3 is 24.3 Å². The molecule has 3 heterocycles. The van der Waals surface area contributed by atoms with E-state index in [1.54, 1.807) is 25.3 Å². The van der Waals surface area contributed by atoms with Crippen molar-refractivity contribution in [2.24, 2.45) is 4.99 Å². The summed E-state index contributed by atoms with van der Waals surface area (Å²) in [5.74, 6) is 1.40. The molecule has 1 aliphatic heterocycles. The molecule has 1 fully saturated rings. The molecule has 0 saturated carbocycles. The van der Waals surface area contributed by atoms with Crippen LogP contribution in [-0.2, 0) is 6.42 Å². The zero-order valence-corrected chi connectivity index (χ0v) is 19.1. The molecule has 8 nitrogen and oxygen atoms in total. The first-order chi connectivity index (χ1) is 16.1. The van der Waals surface area contributed by atoms with Crippen LogP contribution in [0.4, 0.5) is 0 Å². The Morgan fingerprint density at radius 2 is 1.88 bits per heavy atom. The maximum absolute atomic E-state index is 8.47. The van der Waals surface area contributed by atoms with Crippen molar-refractivity contribution in [2.75, 3.05) is 46.9 Å². The van der Waals surface area contributed by atoms with Gasteiger partial charge in [-0.25, -0.2) is 4.98 Å². The van der Waals surface area contributed by atoms with Gasteiger partial charge in [-0.3, -0.25) is 5.41 Å². The van der Waals surface area contributed by atoms with E-state index in [9.17, 15) is 0 Å². The van der Waals surface area contributed by atoms with Crippen molar-refractivity contribution in [3.63, 3.8) is 0 Å². The highest BCUT2D eigenvalue weighted by atomic mass is 16.5. The number of nitrogens with zero attached hydrogens (tertiary/aromatic N) is 4. The number of ether oxygens (including phenoxy) is 2. The maximum Gasteiger partial charge on any atom is 0.245 e. The lowest BCUT2D eigenvalue weighted by molar-refractivity contribution is 0.155. The van der Waals surface area contributed by atoms with Crippen molar-refractivity contribution in [3.8, 4) is 11.6 Å². The first-order valence-electron chi connectivity index (χ1n) is 11.1. The third-order valence-corrected chi connectivity index (χ3v) is 5.63. The highest BCUT2D eigenvalue weighted by molar-refractivity contribution is 6.07. The minimum absolute atomic E-state index is 0.00609. The molecule has 1 saturated heterocycles. The second-order valence-corrected chi connectivity index (χ2v) is 8.06. The van der Waals surface area contributed by atoms with Crippen LogP contribution in [0.5, 0.6) is 11.6 Å². The molecule has 1 aromatic carbocycles. The summed E-state index contributed by atoms with van der Waals surface area (Å²) in [6.45, 7) is 5.44. The Balaban J connectivity index is 1.52. The number of piperazine rings is 1. The van der Waals surface area contributed by atoms with E-state index < -0.39 is 0 Å². The fourth-order valence-electron chi connectivity index (χ4n) is 3.62. The predicted molar refractivity (Wildman–Crippen MR) is 130 cm³/mol. The van der Waals surface area contributed by atoms with Crippen molar-refractivity contribution < 1.29 is 9.47 Å². The van der Waals surface area contributed by atoms with Gasteiger partial charge in [0.25, 0.3) is 0 Å². The number of likely N-dealkylation sites (N-methyl/N-ethyl adjacent to an activating group) is 1. The molecule has 3 aromatic rings. The number of aliphatic imine (C=N–C) groups is 1. The summed E-state index contributed by atoms with van der Waals surface area (Å²) >= 11 is 0. The number of methoxy groups -OCH3 is 1. The smallest absolute Gasteiger partial charge is 0.245 e. The zero-order valence-electron chi connectivity index (χ0n) is 19.1. The summed E-state index contributed by atoms with van der Waals surface area (Å²) in [6.07, 6.45) is 2.93. The quantitative estimate of drug-likeness (QED) is 0.430. The van der Waals surface area contributed by atoms with Crippen LogP contribution in [0.25, 0.3) is 0 Å². The van der Waals surface area contributed by atoms with Gasteiger partial charge in [-0.1, -0.05) is 24.3 Å². The summed E-state index contributed by atoms with van der Waals surface area (Å²) < 4.78 is 11.2. The third kappa shape index (κ3) is 6.27. The van der Waals surface area contributed by atoms with Crippen LogP contribution in [-0.4, -0.2) is 78.4 Å². The van der Waals surface area contributed by atoms with Crippen LogP contribution in [0.15, 0.2) is 65.8 Å². The van der Waals surface area contributed by atoms with Gasteiger partial charge >= 0.3 is 0 Å². The lowest BCUT2D eigenvalue weighted by Gasteiger charge is -2.32. The summed E-state index contributed by atoms with van der Waals surface area (Å²) in [4.78, 5) is 16.9. The number of nitrogens with one attached hydrogen (secondary N) is 2. The van der Waals surface area contributed by atoms with Crippen LogP contribution in [0.2, 0.25) is 0 Å². The molecule has 1 aliphatic rings. The standard InChI is InChI=1S/C25H30N6O2/c1-30-13-15-31(16-14-30)12-11-19-17-22(27-18-19)25(33-20-7-4-3-5-8-20)29-24(26)21-9-6-10-23(28-21)32-2/h3-10,17-18,26-27H,11-16H2,1-2H3/b26-24?,29-25+. The number of aromatic amines is 1. The Kier molecular flexibility index (Phi) is 7.49. The van der Waals surface area contributed by atoms with Crippen LogP contribution < -0.4 is 9.47 Å². The fraction of sp³-hybridized carbons (Fsp3) is 0.320. The van der Waals surface area contributed by atoms with Crippen LogP contribution >= 0.6 is 0 Å². The molecule has 0 bridgehead atoms. The average molecular weight is 447 g/mol. The van der Waals surface area contributed by atoms with Gasteiger partial charge in [-0.2, -0.15) is 4.99 Å². The number of pyridine rings is 1. The monoisotopic (exact) mass is 446 g/mol. The van der Waals surface area contributed by atoms with Gasteiger partial charge in [0.05, 0.1) is 7.11 Å². The van der Waals surface area contributed by atoms with Crippen molar-refractivity contribution in [2.45, 2.75) is 6.42 Å². The predicted octanol–water partition coefficient (Wildman–Crippen LogP) is 3.06. The first kappa shape index (κ1) is 22.7. The highest BCUT2D eigenvalue weighted by Crippen LogP contribution is 2.15. The highest BCUT2D eigenvalue weighted by Gasteiger charge is 2.16. The number of hydrogen-bond donors (Lipinski definition) is 2. The second-order valence-electron chi connectivity index (χ2n) is 8.06. The largest absolute Gasteiger partial charge is 0.481 e. The van der Waals surface area contributed by atoms with Gasteiger partial charge in [0, 0.05) is 45.0 Å². The van der Waals surface area contributed by atoms with Crippen molar-refractivity contribution in [3.05, 3.63) is 77.7 Å². The molecular formula is C25H30N6O2. The Morgan fingerprint density at radius 3 is 2.64 bits per heavy atom. The first-order valence-corrected chi connectivity index (χ1v) is 11.1. The Labute approximate surface area is 194 Å². The van der Waals surface area contributed by atoms with E-state index in [0.29, 0.717) is 23.2 Å². The van der Waals surface area contributed by atoms with Crippen molar-refractivity contribution in [1.82, 2.24) is 19.8 Å². The second kappa shape index (κ2) is 10.9. The van der Waals surface area contributed by atoms with Crippen LogP contribution in [0.3, 0.4) is 0 Å². The lowest BCUT2D eigenvalue weighted by Crippen LogP contribution is -2.45. The Morgan fingerprint density at radius 1 is 1.09 bits per heavy atom. The van der Waals surface area contributed by atoms with Gasteiger partial charge in [-0.05, 0) is 43.3 Å². The molecule has 4 rings (SSSR count). The van der Waals surface area contributed by atoms with Gasteiger partial charge in [-0.15, -0.1) is 0 Å². The van der Waals surface area contributed by atoms with E-state index in [1.807, 2.05) is 42.6 Å². The minimum Gasteiger partial charge on any atom is -0.481 e. The van der Waals surface area contributed by atoms with E-state index in [1.165, 1.54) is 5.56 Å². The molecule has 0 spiro atoms. The SMILES string of the molecule is COc1cccc(C(=N)/N=C(/Oc2ccccc2)c2cc(CCN3CCN(C)CC3)c[nH]2)n1. The molecule has 172 valence electrons. The van der Waals surface area contributed by atoms with Gasteiger partial charge in [0.15, 0.2) is 5.84 Å². The maximum atomic E-state index is 8.47. The molecule has 0 radical (unpaired) electrons. The molecule has 0 amide bonds. The van der Waals surface area contributed by atoms with Gasteiger partial charge in [0.2, 0.25) is 11.8 Å². The lowest BCUT2D eigenvalue weighted by atomic mass is 10.2. The number of benzene rings is 1. The average Bonchev–Trinajstić information content (AvgIpc) is 3.33. The number of aromatic nitrogens is 2. The van der Waals surface area contributed by atoms with Crippen LogP contribution in [0.1, 0.15) is 17.0 Å². The van der Waals surface area contributed by atoms with Crippen LogP contribution in [0, 0.1) is 5.41 Å². The normalized spacial score (nSPS) is 15.4. The number of H-pyrrole nitrogens is 1. The summed E-state index contributed by atoms with van der Waals surface area (Å²) in [7, 11) is 3.72. The topological polar surface area (TPSA) is 89.8 Å². The summed E-state index contributed by atoms with van der Waals surface area (Å²) in [5, 5.41) is 8.47. The molecule has 8 heteroatoms. The van der Waals surface area contributed by atoms with Crippen molar-refractivity contribution >= 4 is 11.7 Å². The number of rotatable bonds is 7. The molecule has 0 aliphatic carbocycles. The van der Waals surface area contributed by atoms with E-state index in [4.69, 9.17) is 14.9 Å². The molecule has 0 unspecified atom stereocenters. The summed E-state index contributed by atoms with van der Waals surface area (Å²) in [5.41, 5.74) is 2.31. The summed E-state index contributed by atoms with van der Waals surface area (Å²) in [6, 6.07) is 16.7. The molecular weight excluding hydrogens is 416 g/mol. The molecule has 2 N–H and O–H groups in total. The van der Waals surface area contributed by atoms with Gasteiger partial charge in [0.1, 0.15) is 17.1 Å². The molecule has 33 heavy (non-hydrogen) atoms. The van der Waals surface area contributed by atoms with E-state index in [0.717, 1.165) is 44.8 Å². The van der Waals surface area contributed by atoms with E-state index in [-0.39, 0.29) is 5.84 Å². The fourth-order valence-corrected chi connectivity index (χ4v) is 3.62. The third-order valence-electron chi connectivity index (χ3n) is 5.63. The number of amidine groups is 1. The van der Waals surface area contributed by atoms with E-state index in [2.05, 4.69) is 31.8 Å². The molecule has 0 atom stereocenters. The Bertz CT molecular complexity index is 1090. The minimum atomic E-state index is -0.00609. The number of hydrogen-bond acceptors (Lipinski definition) is 6. The van der Waals surface area contributed by atoms with E-state index >= 15 is 0 Å². The van der Waals surface area contributed by atoms with Crippen molar-refractivity contribution in [1.29, 1.82) is 5.41 Å². The Hall–Kier alpha value is -3.49. The zero-order chi connectivity index (χ0) is 23.0. The molecule has 2 aromatic heterocycles.